The fraction of sp³-hybridized carbons (Fsp3) is 0.190. The van der Waals surface area contributed by atoms with Gasteiger partial charge in [0.1, 0.15) is 5.52 Å². The zero-order valence-electron chi connectivity index (χ0n) is 15.1. The first-order chi connectivity index (χ1) is 13.1. The fourth-order valence-corrected chi connectivity index (χ4v) is 3.28. The molecule has 0 radical (unpaired) electrons. The van der Waals surface area contributed by atoms with Crippen molar-refractivity contribution in [3.8, 4) is 0 Å². The maximum absolute atomic E-state index is 12.8. The van der Waals surface area contributed by atoms with E-state index >= 15 is 0 Å². The molecule has 0 bridgehead atoms. The quantitative estimate of drug-likeness (QED) is 0.593. The summed E-state index contributed by atoms with van der Waals surface area (Å²) >= 11 is 0. The Labute approximate surface area is 156 Å². The van der Waals surface area contributed by atoms with Crippen molar-refractivity contribution in [1.82, 2.24) is 14.0 Å². The average molecular weight is 360 g/mol. The molecule has 4 rings (SSSR count). The Morgan fingerprint density at radius 1 is 1.07 bits per heavy atom. The van der Waals surface area contributed by atoms with Crippen LogP contribution in [-0.2, 0) is 11.3 Å². The Morgan fingerprint density at radius 2 is 1.89 bits per heavy atom. The van der Waals surface area contributed by atoms with Crippen LogP contribution in [0.5, 0.6) is 0 Å². The molecule has 0 spiro atoms. The molecule has 0 saturated heterocycles. The number of carbonyl (C=O) groups is 1. The lowest BCUT2D eigenvalue weighted by molar-refractivity contribution is -0.116. The number of benzene rings is 1. The van der Waals surface area contributed by atoms with Gasteiger partial charge in [0.05, 0.1) is 17.2 Å². The lowest BCUT2D eigenvalue weighted by atomic mass is 10.2. The minimum Gasteiger partial charge on any atom is -0.326 e. The smallest absolute Gasteiger partial charge is 0.275 e. The van der Waals surface area contributed by atoms with E-state index in [1.807, 2.05) is 60.0 Å². The summed E-state index contributed by atoms with van der Waals surface area (Å²) in [4.78, 5) is 29.2. The molecule has 1 aromatic carbocycles. The number of nitrogens with zero attached hydrogens (tertiary/aromatic N) is 3. The van der Waals surface area contributed by atoms with Crippen molar-refractivity contribution < 1.29 is 4.79 Å². The number of hydrogen-bond acceptors (Lipinski definition) is 3. The Bertz CT molecular complexity index is 1170. The molecule has 136 valence electrons. The Balaban J connectivity index is 1.51. The van der Waals surface area contributed by atoms with E-state index in [9.17, 15) is 9.59 Å². The van der Waals surface area contributed by atoms with Crippen molar-refractivity contribution in [2.45, 2.75) is 26.3 Å². The monoisotopic (exact) mass is 360 g/mol. The summed E-state index contributed by atoms with van der Waals surface area (Å²) in [7, 11) is 0. The standard InChI is InChI=1S/C21H20N4O2/c1-15-6-8-16(9-7-15)23-20(26)5-3-13-25-19-14-22-11-10-17(19)24-12-2-4-18(24)21(25)27/h2,4,6-12,14H,3,5,13H2,1H3,(H,23,26). The fourth-order valence-electron chi connectivity index (χ4n) is 3.28. The molecule has 0 aliphatic heterocycles. The number of fused-ring (bicyclic) bond motifs is 3. The van der Waals surface area contributed by atoms with E-state index in [0.717, 1.165) is 22.3 Å². The average Bonchev–Trinajstić information content (AvgIpc) is 3.17. The molecule has 0 aliphatic rings. The summed E-state index contributed by atoms with van der Waals surface area (Å²) in [6.07, 6.45) is 6.19. The van der Waals surface area contributed by atoms with Gasteiger partial charge in [-0.05, 0) is 43.7 Å². The summed E-state index contributed by atoms with van der Waals surface area (Å²) in [6, 6.07) is 13.2. The highest BCUT2D eigenvalue weighted by Crippen LogP contribution is 2.15. The summed E-state index contributed by atoms with van der Waals surface area (Å²) < 4.78 is 3.58. The van der Waals surface area contributed by atoms with Crippen LogP contribution in [0.15, 0.2) is 65.8 Å². The first-order valence-corrected chi connectivity index (χ1v) is 8.93. The zero-order valence-corrected chi connectivity index (χ0v) is 15.1. The van der Waals surface area contributed by atoms with Gasteiger partial charge in [0.25, 0.3) is 5.56 Å². The van der Waals surface area contributed by atoms with Gasteiger partial charge in [0.15, 0.2) is 0 Å². The van der Waals surface area contributed by atoms with Gasteiger partial charge in [-0.25, -0.2) is 0 Å². The number of nitrogens with one attached hydrogen (secondary N) is 1. The Morgan fingerprint density at radius 3 is 2.70 bits per heavy atom. The number of aryl methyl sites for hydroxylation is 2. The van der Waals surface area contributed by atoms with E-state index in [-0.39, 0.29) is 11.5 Å². The van der Waals surface area contributed by atoms with Crippen molar-refractivity contribution in [1.29, 1.82) is 0 Å². The number of pyridine rings is 1. The van der Waals surface area contributed by atoms with Crippen molar-refractivity contribution >= 4 is 28.1 Å². The normalized spacial score (nSPS) is 11.1. The van der Waals surface area contributed by atoms with E-state index in [0.29, 0.717) is 24.9 Å². The molecule has 27 heavy (non-hydrogen) atoms. The van der Waals surface area contributed by atoms with Gasteiger partial charge < -0.3 is 14.3 Å². The predicted molar refractivity (Wildman–Crippen MR) is 106 cm³/mol. The van der Waals surface area contributed by atoms with Gasteiger partial charge in [-0.1, -0.05) is 17.7 Å². The molecule has 4 aromatic rings. The van der Waals surface area contributed by atoms with Crippen LogP contribution in [0, 0.1) is 6.92 Å². The molecule has 0 aliphatic carbocycles. The van der Waals surface area contributed by atoms with E-state index in [4.69, 9.17) is 0 Å². The van der Waals surface area contributed by atoms with Gasteiger partial charge in [0.2, 0.25) is 5.91 Å². The van der Waals surface area contributed by atoms with Crippen LogP contribution in [0.3, 0.4) is 0 Å². The van der Waals surface area contributed by atoms with Crippen molar-refractivity contribution in [2.24, 2.45) is 0 Å². The SMILES string of the molecule is Cc1ccc(NC(=O)CCCn2c(=O)c3cccn3c3ccncc32)cc1. The minimum atomic E-state index is -0.0700. The molecule has 0 saturated carbocycles. The van der Waals surface area contributed by atoms with Crippen molar-refractivity contribution in [3.05, 3.63) is 77.0 Å². The predicted octanol–water partition coefficient (Wildman–Crippen LogP) is 3.38. The second-order valence-electron chi connectivity index (χ2n) is 6.60. The van der Waals surface area contributed by atoms with Gasteiger partial charge in [-0.2, -0.15) is 0 Å². The Kier molecular flexibility index (Phi) is 4.46. The lowest BCUT2D eigenvalue weighted by Gasteiger charge is -2.12. The second kappa shape index (κ2) is 7.07. The van der Waals surface area contributed by atoms with E-state index in [2.05, 4.69) is 10.3 Å². The highest BCUT2D eigenvalue weighted by molar-refractivity contribution is 5.90. The molecule has 0 fully saturated rings. The van der Waals surface area contributed by atoms with Crippen LogP contribution in [0.25, 0.3) is 16.6 Å². The molecule has 3 aromatic heterocycles. The Hall–Kier alpha value is -3.41. The summed E-state index contributed by atoms with van der Waals surface area (Å²) in [6.45, 7) is 2.47. The summed E-state index contributed by atoms with van der Waals surface area (Å²) in [5.41, 5.74) is 4.18. The van der Waals surface area contributed by atoms with Crippen molar-refractivity contribution in [2.75, 3.05) is 5.32 Å². The van der Waals surface area contributed by atoms with Crippen LogP contribution in [0.4, 0.5) is 5.69 Å². The van der Waals surface area contributed by atoms with E-state index in [1.54, 1.807) is 17.0 Å². The number of rotatable bonds is 5. The van der Waals surface area contributed by atoms with Gasteiger partial charge in [-0.3, -0.25) is 14.6 Å². The largest absolute Gasteiger partial charge is 0.326 e. The zero-order chi connectivity index (χ0) is 18.8. The second-order valence-corrected chi connectivity index (χ2v) is 6.60. The molecular formula is C21H20N4O2. The van der Waals surface area contributed by atoms with E-state index < -0.39 is 0 Å². The molecule has 0 atom stereocenters. The van der Waals surface area contributed by atoms with Crippen LogP contribution < -0.4 is 10.9 Å². The third-order valence-corrected chi connectivity index (χ3v) is 4.66. The molecule has 6 heteroatoms. The first-order valence-electron chi connectivity index (χ1n) is 8.93. The topological polar surface area (TPSA) is 68.4 Å². The maximum Gasteiger partial charge on any atom is 0.275 e. The molecule has 3 heterocycles. The van der Waals surface area contributed by atoms with Crippen LogP contribution >= 0.6 is 0 Å². The molecule has 0 unspecified atom stereocenters. The van der Waals surface area contributed by atoms with Gasteiger partial charge in [0, 0.05) is 31.0 Å². The summed E-state index contributed by atoms with van der Waals surface area (Å²) in [5, 5.41) is 2.89. The van der Waals surface area contributed by atoms with Gasteiger partial charge in [-0.15, -0.1) is 0 Å². The van der Waals surface area contributed by atoms with Crippen molar-refractivity contribution in [3.63, 3.8) is 0 Å². The maximum atomic E-state index is 12.8. The number of aromatic nitrogens is 3. The van der Waals surface area contributed by atoms with Crippen LogP contribution in [0.1, 0.15) is 18.4 Å². The number of carbonyl (C=O) groups excluding carboxylic acids is 1. The molecular weight excluding hydrogens is 340 g/mol. The number of anilines is 1. The van der Waals surface area contributed by atoms with E-state index in [1.165, 1.54) is 0 Å². The third kappa shape index (κ3) is 3.33. The number of hydrogen-bond donors (Lipinski definition) is 1. The molecule has 1 N–H and O–H groups in total. The number of amides is 1. The minimum absolute atomic E-state index is 0.0573. The van der Waals surface area contributed by atoms with Gasteiger partial charge >= 0.3 is 0 Å². The third-order valence-electron chi connectivity index (χ3n) is 4.66. The first kappa shape index (κ1) is 17.0. The van der Waals surface area contributed by atoms with Crippen LogP contribution in [0.2, 0.25) is 0 Å². The lowest BCUT2D eigenvalue weighted by Crippen LogP contribution is -2.23. The molecule has 6 nitrogen and oxygen atoms in total. The van der Waals surface area contributed by atoms with Crippen LogP contribution in [-0.4, -0.2) is 19.9 Å². The molecule has 1 amide bonds. The highest BCUT2D eigenvalue weighted by atomic mass is 16.1. The summed E-state index contributed by atoms with van der Waals surface area (Å²) in [5.74, 6) is -0.0573. The highest BCUT2D eigenvalue weighted by Gasteiger charge is 2.11.